The molecule has 2 saturated carbocycles. The number of aliphatic hydroxyl groups excluding tert-OH is 2. The number of aryl methyl sites for hydroxylation is 2. The van der Waals surface area contributed by atoms with E-state index < -0.39 is 11.6 Å². The second kappa shape index (κ2) is 8.21. The molecule has 1 amide bonds. The van der Waals surface area contributed by atoms with Crippen molar-refractivity contribution in [3.63, 3.8) is 0 Å². The first-order valence-corrected chi connectivity index (χ1v) is 11.7. The van der Waals surface area contributed by atoms with Gasteiger partial charge < -0.3 is 20.3 Å². The van der Waals surface area contributed by atoms with E-state index >= 15 is 0 Å². The first-order valence-electron chi connectivity index (χ1n) is 11.7. The van der Waals surface area contributed by atoms with Crippen molar-refractivity contribution in [3.8, 4) is 5.75 Å². The van der Waals surface area contributed by atoms with Gasteiger partial charge in [-0.3, -0.25) is 4.79 Å². The van der Waals surface area contributed by atoms with E-state index in [0.717, 1.165) is 50.5 Å². The predicted octanol–water partition coefficient (Wildman–Crippen LogP) is 3.51. The molecular formula is C25H35NO5. The zero-order valence-corrected chi connectivity index (χ0v) is 18.9. The monoisotopic (exact) mass is 429 g/mol. The van der Waals surface area contributed by atoms with Gasteiger partial charge in [0.05, 0.1) is 18.8 Å². The Morgan fingerprint density at radius 1 is 1.23 bits per heavy atom. The van der Waals surface area contributed by atoms with Crippen molar-refractivity contribution < 1.29 is 24.5 Å². The minimum absolute atomic E-state index is 0.126. The molecule has 0 aromatic heterocycles. The summed E-state index contributed by atoms with van der Waals surface area (Å²) in [6, 6.07) is 4.22. The highest BCUT2D eigenvalue weighted by atomic mass is 16.6. The molecule has 1 aromatic rings. The maximum Gasteiger partial charge on any atom is 0.413 e. The van der Waals surface area contributed by atoms with Gasteiger partial charge in [0.15, 0.2) is 0 Å². The number of rotatable bonds is 5. The number of ketones is 1. The van der Waals surface area contributed by atoms with Crippen molar-refractivity contribution in [1.82, 2.24) is 5.32 Å². The van der Waals surface area contributed by atoms with Crippen LogP contribution in [-0.2, 0) is 17.6 Å². The van der Waals surface area contributed by atoms with E-state index in [9.17, 15) is 19.8 Å². The van der Waals surface area contributed by atoms with Crippen molar-refractivity contribution in [1.29, 1.82) is 0 Å². The number of hydrogen-bond donors (Lipinski definition) is 3. The topological polar surface area (TPSA) is 95.9 Å². The second-order valence-corrected chi connectivity index (χ2v) is 10.2. The number of amides is 1. The molecule has 0 bridgehead atoms. The molecule has 0 spiro atoms. The fourth-order valence-electron chi connectivity index (χ4n) is 6.29. The van der Waals surface area contributed by atoms with Crippen LogP contribution in [0.3, 0.4) is 0 Å². The lowest BCUT2D eigenvalue weighted by molar-refractivity contribution is -0.129. The smallest absolute Gasteiger partial charge is 0.410 e. The van der Waals surface area contributed by atoms with Crippen LogP contribution in [-0.4, -0.2) is 40.8 Å². The molecule has 3 N–H and O–H groups in total. The number of hydrogen-bond acceptors (Lipinski definition) is 5. The molecule has 0 saturated heterocycles. The maximum absolute atomic E-state index is 12.6. The van der Waals surface area contributed by atoms with Gasteiger partial charge in [0.1, 0.15) is 11.5 Å². The van der Waals surface area contributed by atoms with Gasteiger partial charge in [0, 0.05) is 11.8 Å². The third-order valence-electron chi connectivity index (χ3n) is 8.30. The van der Waals surface area contributed by atoms with E-state index in [1.165, 1.54) is 11.1 Å². The minimum atomic E-state index is -1.13. The van der Waals surface area contributed by atoms with Crippen molar-refractivity contribution >= 4 is 11.9 Å². The Morgan fingerprint density at radius 3 is 2.65 bits per heavy atom. The van der Waals surface area contributed by atoms with Crippen molar-refractivity contribution in [2.24, 2.45) is 17.3 Å². The highest BCUT2D eigenvalue weighted by Crippen LogP contribution is 2.59. The molecule has 170 valence electrons. The normalized spacial score (nSPS) is 29.7. The van der Waals surface area contributed by atoms with Crippen LogP contribution in [0.2, 0.25) is 0 Å². The summed E-state index contributed by atoms with van der Waals surface area (Å²) in [7, 11) is 0. The van der Waals surface area contributed by atoms with Gasteiger partial charge in [-0.05, 0) is 86.0 Å². The SMILES string of the molecule is CCc1cc2c(cc1OC(=O)NC(C)(CO)CO)CCC1C2CCC2(C)C(=O)CCC12. The number of aliphatic hydroxyl groups is 2. The Labute approximate surface area is 184 Å². The number of fused-ring (bicyclic) bond motifs is 5. The van der Waals surface area contributed by atoms with E-state index in [2.05, 4.69) is 18.3 Å². The number of carbonyl (C=O) groups is 2. The number of Topliss-reactive ketones (excluding diaryl/α,β-unsaturated/α-hetero) is 1. The van der Waals surface area contributed by atoms with Crippen molar-refractivity contribution in [2.45, 2.75) is 77.2 Å². The quantitative estimate of drug-likeness (QED) is 0.666. The molecular weight excluding hydrogens is 394 g/mol. The zero-order valence-electron chi connectivity index (χ0n) is 18.9. The molecule has 3 aliphatic carbocycles. The van der Waals surface area contributed by atoms with Crippen LogP contribution >= 0.6 is 0 Å². The van der Waals surface area contributed by atoms with Crippen LogP contribution in [0.1, 0.15) is 75.5 Å². The number of carbonyl (C=O) groups excluding carboxylic acids is 2. The van der Waals surface area contributed by atoms with Gasteiger partial charge in [-0.15, -0.1) is 0 Å². The molecule has 0 heterocycles. The third kappa shape index (κ3) is 3.78. The first-order chi connectivity index (χ1) is 14.7. The fourth-order valence-corrected chi connectivity index (χ4v) is 6.29. The summed E-state index contributed by atoms with van der Waals surface area (Å²) < 4.78 is 5.62. The van der Waals surface area contributed by atoms with Gasteiger partial charge in [-0.25, -0.2) is 4.79 Å². The summed E-state index contributed by atoms with van der Waals surface area (Å²) in [4.78, 5) is 25.0. The largest absolute Gasteiger partial charge is 0.413 e. The molecule has 0 aliphatic heterocycles. The van der Waals surface area contributed by atoms with Gasteiger partial charge in [0.2, 0.25) is 0 Å². The Hall–Kier alpha value is -1.92. The van der Waals surface area contributed by atoms with Crippen LogP contribution < -0.4 is 10.1 Å². The summed E-state index contributed by atoms with van der Waals surface area (Å²) in [5, 5.41) is 21.4. The van der Waals surface area contributed by atoms with E-state index in [4.69, 9.17) is 4.74 Å². The molecule has 6 heteroatoms. The Kier molecular flexibility index (Phi) is 5.90. The number of benzene rings is 1. The Morgan fingerprint density at radius 2 is 1.97 bits per heavy atom. The summed E-state index contributed by atoms with van der Waals surface area (Å²) in [6.07, 6.45) is 5.87. The van der Waals surface area contributed by atoms with Crippen LogP contribution in [0, 0.1) is 17.3 Å². The van der Waals surface area contributed by atoms with Crippen molar-refractivity contribution in [2.75, 3.05) is 13.2 Å². The molecule has 4 rings (SSSR count). The zero-order chi connectivity index (χ0) is 22.4. The average molecular weight is 430 g/mol. The van der Waals surface area contributed by atoms with Crippen LogP contribution in [0.25, 0.3) is 0 Å². The van der Waals surface area contributed by atoms with Crippen LogP contribution in [0.5, 0.6) is 5.75 Å². The second-order valence-electron chi connectivity index (χ2n) is 10.2. The van der Waals surface area contributed by atoms with Gasteiger partial charge in [0.25, 0.3) is 0 Å². The van der Waals surface area contributed by atoms with E-state index in [1.54, 1.807) is 6.92 Å². The highest BCUT2D eigenvalue weighted by Gasteiger charge is 2.54. The summed E-state index contributed by atoms with van der Waals surface area (Å²) in [5.41, 5.74) is 2.34. The molecule has 6 nitrogen and oxygen atoms in total. The van der Waals surface area contributed by atoms with Gasteiger partial charge in [-0.1, -0.05) is 19.9 Å². The molecule has 2 fully saturated rings. The van der Waals surface area contributed by atoms with Crippen molar-refractivity contribution in [3.05, 3.63) is 28.8 Å². The molecule has 0 radical (unpaired) electrons. The predicted molar refractivity (Wildman–Crippen MR) is 117 cm³/mol. The van der Waals surface area contributed by atoms with Crippen LogP contribution in [0.15, 0.2) is 12.1 Å². The van der Waals surface area contributed by atoms with Gasteiger partial charge in [-0.2, -0.15) is 0 Å². The Bertz CT molecular complexity index is 877. The van der Waals surface area contributed by atoms with Crippen LogP contribution in [0.4, 0.5) is 4.79 Å². The lowest BCUT2D eigenvalue weighted by Crippen LogP contribution is -2.52. The number of nitrogens with one attached hydrogen (secondary N) is 1. The lowest BCUT2D eigenvalue weighted by atomic mass is 9.55. The highest BCUT2D eigenvalue weighted by molar-refractivity contribution is 5.87. The third-order valence-corrected chi connectivity index (χ3v) is 8.30. The van der Waals surface area contributed by atoms with E-state index in [-0.39, 0.29) is 18.6 Å². The average Bonchev–Trinajstić information content (AvgIpc) is 3.07. The standard InChI is InChI=1S/C25H35NO5/c1-4-15-11-19-16(12-21(15)31-23(30)26-24(2,13-27)14-28)5-6-18-17(19)9-10-25(3)20(18)7-8-22(25)29/h11-12,17-18,20,27-28H,4-10,13-14H2,1-3H3,(H,26,30). The number of ether oxygens (including phenoxy) is 1. The summed E-state index contributed by atoms with van der Waals surface area (Å²) in [5.74, 6) is 2.55. The summed E-state index contributed by atoms with van der Waals surface area (Å²) >= 11 is 0. The van der Waals surface area contributed by atoms with E-state index in [1.807, 2.05) is 13.0 Å². The molecule has 31 heavy (non-hydrogen) atoms. The fraction of sp³-hybridized carbons (Fsp3) is 0.680. The first kappa shape index (κ1) is 22.3. The molecule has 3 aliphatic rings. The molecule has 1 aromatic carbocycles. The molecule has 4 unspecified atom stereocenters. The Balaban J connectivity index is 1.58. The minimum Gasteiger partial charge on any atom is -0.410 e. The lowest BCUT2D eigenvalue weighted by Gasteiger charge is -2.48. The van der Waals surface area contributed by atoms with E-state index in [0.29, 0.717) is 29.3 Å². The van der Waals surface area contributed by atoms with Gasteiger partial charge >= 0.3 is 6.09 Å². The summed E-state index contributed by atoms with van der Waals surface area (Å²) in [6.45, 7) is 5.04. The molecule has 4 atom stereocenters. The maximum atomic E-state index is 12.6.